The summed E-state index contributed by atoms with van der Waals surface area (Å²) in [6.45, 7) is 8.19. The molecule has 7 nitrogen and oxygen atoms in total. The average molecular weight is 412 g/mol. The lowest BCUT2D eigenvalue weighted by Crippen LogP contribution is -2.34. The first-order valence-corrected chi connectivity index (χ1v) is 10.00. The molecule has 0 spiro atoms. The fourth-order valence-corrected chi connectivity index (χ4v) is 2.60. The topological polar surface area (TPSA) is 96.5 Å². The Morgan fingerprint density at radius 1 is 0.933 bits per heavy atom. The zero-order valence-corrected chi connectivity index (χ0v) is 17.9. The van der Waals surface area contributed by atoms with E-state index in [1.54, 1.807) is 38.1 Å². The van der Waals surface area contributed by atoms with Gasteiger partial charge < -0.3 is 20.7 Å². The largest absolute Gasteiger partial charge is 0.481 e. The molecule has 0 saturated heterocycles. The highest BCUT2D eigenvalue weighted by Gasteiger charge is 2.15. The minimum atomic E-state index is -0.673. The first kappa shape index (κ1) is 22.9. The number of nitrogens with one attached hydrogen (secondary N) is 3. The van der Waals surface area contributed by atoms with Gasteiger partial charge in [0.05, 0.1) is 0 Å². The van der Waals surface area contributed by atoms with Gasteiger partial charge in [-0.2, -0.15) is 0 Å². The summed E-state index contributed by atoms with van der Waals surface area (Å²) >= 11 is 0. The zero-order chi connectivity index (χ0) is 22.1. The molecule has 0 fully saturated rings. The van der Waals surface area contributed by atoms with Crippen LogP contribution in [-0.4, -0.2) is 36.9 Å². The molecule has 3 amide bonds. The van der Waals surface area contributed by atoms with Crippen LogP contribution < -0.4 is 20.7 Å². The molecule has 1 atom stereocenters. The monoisotopic (exact) mass is 411 g/mol. The van der Waals surface area contributed by atoms with E-state index in [1.807, 2.05) is 32.0 Å². The maximum Gasteiger partial charge on any atom is 0.265 e. The van der Waals surface area contributed by atoms with Gasteiger partial charge in [-0.1, -0.05) is 13.0 Å². The molecule has 3 N–H and O–H groups in total. The van der Waals surface area contributed by atoms with Crippen LogP contribution in [0.2, 0.25) is 0 Å². The quantitative estimate of drug-likeness (QED) is 0.553. The highest BCUT2D eigenvalue weighted by Crippen LogP contribution is 2.18. The summed E-state index contributed by atoms with van der Waals surface area (Å²) in [4.78, 5) is 35.7. The lowest BCUT2D eigenvalue weighted by atomic mass is 10.1. The first-order chi connectivity index (χ1) is 14.3. The van der Waals surface area contributed by atoms with Crippen LogP contribution in [0.4, 0.5) is 5.69 Å². The van der Waals surface area contributed by atoms with Crippen molar-refractivity contribution in [2.45, 2.75) is 40.2 Å². The summed E-state index contributed by atoms with van der Waals surface area (Å²) in [5.74, 6) is 0.0603. The Labute approximate surface area is 177 Å². The van der Waals surface area contributed by atoms with Gasteiger partial charge in [0, 0.05) is 30.8 Å². The van der Waals surface area contributed by atoms with Crippen molar-refractivity contribution in [2.75, 3.05) is 18.4 Å². The van der Waals surface area contributed by atoms with Crippen LogP contribution in [0.5, 0.6) is 5.75 Å². The van der Waals surface area contributed by atoms with E-state index >= 15 is 0 Å². The van der Waals surface area contributed by atoms with Gasteiger partial charge in [-0.3, -0.25) is 14.4 Å². The third kappa shape index (κ3) is 6.92. The molecule has 0 aromatic heterocycles. The summed E-state index contributed by atoms with van der Waals surface area (Å²) in [6, 6.07) is 12.3. The summed E-state index contributed by atoms with van der Waals surface area (Å²) in [5, 5.41) is 8.20. The van der Waals surface area contributed by atoms with E-state index in [-0.39, 0.29) is 17.7 Å². The van der Waals surface area contributed by atoms with Crippen molar-refractivity contribution in [2.24, 2.45) is 0 Å². The van der Waals surface area contributed by atoms with E-state index in [1.165, 1.54) is 0 Å². The minimum Gasteiger partial charge on any atom is -0.481 e. The van der Waals surface area contributed by atoms with Crippen molar-refractivity contribution >= 4 is 23.4 Å². The molecular weight excluding hydrogens is 382 g/mol. The second kappa shape index (κ2) is 11.0. The number of hydrogen-bond acceptors (Lipinski definition) is 4. The number of benzene rings is 2. The molecular formula is C23H29N3O4. The Morgan fingerprint density at radius 3 is 2.23 bits per heavy atom. The Kier molecular flexibility index (Phi) is 8.41. The van der Waals surface area contributed by atoms with Crippen molar-refractivity contribution in [3.05, 3.63) is 59.2 Å². The van der Waals surface area contributed by atoms with Gasteiger partial charge >= 0.3 is 0 Å². The van der Waals surface area contributed by atoms with Crippen LogP contribution in [0.1, 0.15) is 41.8 Å². The maximum absolute atomic E-state index is 12.4. The third-order valence-corrected chi connectivity index (χ3v) is 4.63. The van der Waals surface area contributed by atoms with Crippen LogP contribution >= 0.6 is 0 Å². The minimum absolute atomic E-state index is 0.0555. The van der Waals surface area contributed by atoms with Gasteiger partial charge in [0.15, 0.2) is 6.10 Å². The van der Waals surface area contributed by atoms with Crippen molar-refractivity contribution in [1.82, 2.24) is 10.6 Å². The summed E-state index contributed by atoms with van der Waals surface area (Å²) in [6.07, 6.45) is -0.261. The van der Waals surface area contributed by atoms with Crippen LogP contribution in [0.3, 0.4) is 0 Å². The molecule has 0 saturated carbocycles. The Balaban J connectivity index is 1.83. The number of hydrogen-bond donors (Lipinski definition) is 3. The van der Waals surface area contributed by atoms with Gasteiger partial charge in [0.25, 0.3) is 11.8 Å². The summed E-state index contributed by atoms with van der Waals surface area (Å²) < 4.78 is 5.72. The molecule has 0 heterocycles. The molecule has 0 aliphatic carbocycles. The van der Waals surface area contributed by atoms with E-state index in [4.69, 9.17) is 4.74 Å². The second-order valence-electron chi connectivity index (χ2n) is 7.03. The number of ether oxygens (including phenoxy) is 1. The number of anilines is 1. The fraction of sp³-hybridized carbons (Fsp3) is 0.348. The standard InChI is InChI=1S/C23H29N3O4/c1-5-21(27)24-12-13-25-23(29)18-7-9-19(10-8-18)26-22(28)17(4)30-20-11-6-15(2)16(3)14-20/h6-11,14,17H,5,12-13H2,1-4H3,(H,24,27)(H,25,29)(H,26,28). The summed E-state index contributed by atoms with van der Waals surface area (Å²) in [7, 11) is 0. The van der Waals surface area contributed by atoms with E-state index in [9.17, 15) is 14.4 Å². The molecule has 2 aromatic rings. The van der Waals surface area contributed by atoms with Gasteiger partial charge in [0.2, 0.25) is 5.91 Å². The zero-order valence-electron chi connectivity index (χ0n) is 17.9. The van der Waals surface area contributed by atoms with Crippen LogP contribution in [0.25, 0.3) is 0 Å². The molecule has 2 rings (SSSR count). The Morgan fingerprint density at radius 2 is 1.60 bits per heavy atom. The molecule has 0 bridgehead atoms. The third-order valence-electron chi connectivity index (χ3n) is 4.63. The molecule has 0 aliphatic rings. The Hall–Kier alpha value is -3.35. The number of carbonyl (C=O) groups is 3. The van der Waals surface area contributed by atoms with Gasteiger partial charge in [-0.15, -0.1) is 0 Å². The smallest absolute Gasteiger partial charge is 0.265 e. The molecule has 0 radical (unpaired) electrons. The average Bonchev–Trinajstić information content (AvgIpc) is 2.73. The predicted molar refractivity (Wildman–Crippen MR) is 117 cm³/mol. The fourth-order valence-electron chi connectivity index (χ4n) is 2.60. The molecule has 2 aromatic carbocycles. The van der Waals surface area contributed by atoms with Gasteiger partial charge in [0.1, 0.15) is 5.75 Å². The number of aryl methyl sites for hydroxylation is 2. The molecule has 1 unspecified atom stereocenters. The van der Waals surface area contributed by atoms with Crippen LogP contribution in [0.15, 0.2) is 42.5 Å². The van der Waals surface area contributed by atoms with Gasteiger partial charge in [-0.25, -0.2) is 0 Å². The number of carbonyl (C=O) groups excluding carboxylic acids is 3. The van der Waals surface area contributed by atoms with E-state index in [0.29, 0.717) is 36.5 Å². The van der Waals surface area contributed by atoms with Crippen molar-refractivity contribution in [1.29, 1.82) is 0 Å². The predicted octanol–water partition coefficient (Wildman–Crippen LogP) is 2.97. The van der Waals surface area contributed by atoms with Crippen molar-refractivity contribution in [3.8, 4) is 5.75 Å². The maximum atomic E-state index is 12.4. The normalized spacial score (nSPS) is 11.3. The Bertz CT molecular complexity index is 894. The van der Waals surface area contributed by atoms with Crippen LogP contribution in [0, 0.1) is 13.8 Å². The molecule has 0 aliphatic heterocycles. The lowest BCUT2D eigenvalue weighted by molar-refractivity contribution is -0.122. The highest BCUT2D eigenvalue weighted by atomic mass is 16.5. The summed E-state index contributed by atoms with van der Waals surface area (Å²) in [5.41, 5.74) is 3.30. The van der Waals surface area contributed by atoms with Crippen LogP contribution in [-0.2, 0) is 9.59 Å². The number of rotatable bonds is 9. The van der Waals surface area contributed by atoms with E-state index in [0.717, 1.165) is 11.1 Å². The van der Waals surface area contributed by atoms with E-state index in [2.05, 4.69) is 16.0 Å². The molecule has 30 heavy (non-hydrogen) atoms. The van der Waals surface area contributed by atoms with Gasteiger partial charge in [-0.05, 0) is 68.3 Å². The lowest BCUT2D eigenvalue weighted by Gasteiger charge is -2.16. The number of amides is 3. The van der Waals surface area contributed by atoms with E-state index < -0.39 is 6.10 Å². The second-order valence-corrected chi connectivity index (χ2v) is 7.03. The molecule has 7 heteroatoms. The highest BCUT2D eigenvalue weighted by molar-refractivity contribution is 5.96. The van der Waals surface area contributed by atoms with Crippen molar-refractivity contribution < 1.29 is 19.1 Å². The molecule has 160 valence electrons. The SMILES string of the molecule is CCC(=O)NCCNC(=O)c1ccc(NC(=O)C(C)Oc2ccc(C)c(C)c2)cc1. The first-order valence-electron chi connectivity index (χ1n) is 10.00. The van der Waals surface area contributed by atoms with Crippen molar-refractivity contribution in [3.63, 3.8) is 0 Å².